The van der Waals surface area contributed by atoms with E-state index >= 15 is 0 Å². The summed E-state index contributed by atoms with van der Waals surface area (Å²) in [5, 5.41) is 8.06. The molecule has 0 bridgehead atoms. The van der Waals surface area contributed by atoms with E-state index in [2.05, 4.69) is 15.4 Å². The molecule has 0 saturated carbocycles. The third-order valence-corrected chi connectivity index (χ3v) is 2.70. The van der Waals surface area contributed by atoms with Crippen LogP contribution in [0.15, 0.2) is 24.4 Å². The Balaban J connectivity index is 2.49. The van der Waals surface area contributed by atoms with Gasteiger partial charge in [0.1, 0.15) is 5.69 Å². The maximum Gasteiger partial charge on any atom is 0.105 e. The van der Waals surface area contributed by atoms with Crippen LogP contribution < -0.4 is 5.32 Å². The fraction of sp³-hybridized carbons (Fsp3) is 0.273. The van der Waals surface area contributed by atoms with Gasteiger partial charge in [0.05, 0.1) is 16.4 Å². The molecule has 4 nitrogen and oxygen atoms in total. The first-order valence-corrected chi connectivity index (χ1v) is 5.39. The van der Waals surface area contributed by atoms with Crippen molar-refractivity contribution < 1.29 is 0 Å². The van der Waals surface area contributed by atoms with Crippen molar-refractivity contribution >= 4 is 11.6 Å². The summed E-state index contributed by atoms with van der Waals surface area (Å²) >= 11 is 6.28. The molecule has 0 aliphatic carbocycles. The van der Waals surface area contributed by atoms with Gasteiger partial charge in [0.25, 0.3) is 0 Å². The number of halogens is 1. The summed E-state index contributed by atoms with van der Waals surface area (Å²) in [5.74, 6) is 0. The van der Waals surface area contributed by atoms with Crippen molar-refractivity contribution in [2.45, 2.75) is 6.54 Å². The lowest BCUT2D eigenvalue weighted by atomic mass is 10.2. The average Bonchev–Trinajstić information content (AvgIpc) is 2.56. The van der Waals surface area contributed by atoms with Crippen LogP contribution >= 0.6 is 11.6 Å². The number of hydrogen-bond donors (Lipinski definition) is 1. The lowest BCUT2D eigenvalue weighted by molar-refractivity contribution is 0.715. The first-order valence-electron chi connectivity index (χ1n) is 5.01. The molecule has 84 valence electrons. The minimum Gasteiger partial charge on any atom is -0.314 e. The van der Waals surface area contributed by atoms with Gasteiger partial charge in [-0.15, -0.1) is 0 Å². The number of nitrogens with one attached hydrogen (secondary N) is 1. The first kappa shape index (κ1) is 11.1. The second-order valence-corrected chi connectivity index (χ2v) is 3.86. The normalized spacial score (nSPS) is 10.7. The number of nitrogens with zero attached hydrogens (tertiary/aromatic N) is 3. The van der Waals surface area contributed by atoms with Crippen LogP contribution in [0.1, 0.15) is 5.69 Å². The molecule has 0 aromatic carbocycles. The Morgan fingerprint density at radius 2 is 2.25 bits per heavy atom. The lowest BCUT2D eigenvalue weighted by Gasteiger charge is -2.00. The van der Waals surface area contributed by atoms with E-state index in [4.69, 9.17) is 11.6 Å². The van der Waals surface area contributed by atoms with Gasteiger partial charge in [-0.3, -0.25) is 9.67 Å². The van der Waals surface area contributed by atoms with E-state index < -0.39 is 0 Å². The van der Waals surface area contributed by atoms with E-state index in [1.54, 1.807) is 10.9 Å². The van der Waals surface area contributed by atoms with Gasteiger partial charge < -0.3 is 5.32 Å². The first-order chi connectivity index (χ1) is 7.74. The largest absolute Gasteiger partial charge is 0.314 e. The minimum absolute atomic E-state index is 0.652. The second kappa shape index (κ2) is 4.63. The third-order valence-electron chi connectivity index (χ3n) is 2.31. The van der Waals surface area contributed by atoms with E-state index in [-0.39, 0.29) is 0 Å². The minimum atomic E-state index is 0.652. The van der Waals surface area contributed by atoms with Crippen molar-refractivity contribution in [2.24, 2.45) is 7.05 Å². The summed E-state index contributed by atoms with van der Waals surface area (Å²) in [6, 6.07) is 5.73. The van der Waals surface area contributed by atoms with Crippen molar-refractivity contribution in [3.05, 3.63) is 35.1 Å². The molecule has 0 radical (unpaired) electrons. The van der Waals surface area contributed by atoms with Crippen LogP contribution in [-0.4, -0.2) is 21.8 Å². The molecule has 0 saturated heterocycles. The Morgan fingerprint density at radius 3 is 2.88 bits per heavy atom. The molecule has 0 amide bonds. The van der Waals surface area contributed by atoms with Crippen molar-refractivity contribution in [1.29, 1.82) is 0 Å². The molecule has 5 heteroatoms. The number of pyridine rings is 1. The molecular formula is C11H13ClN4. The molecular weight excluding hydrogens is 224 g/mol. The van der Waals surface area contributed by atoms with Gasteiger partial charge in [-0.25, -0.2) is 0 Å². The average molecular weight is 237 g/mol. The summed E-state index contributed by atoms with van der Waals surface area (Å²) in [7, 11) is 3.74. The van der Waals surface area contributed by atoms with Crippen LogP contribution in [0.5, 0.6) is 0 Å². The maximum absolute atomic E-state index is 6.28. The molecule has 2 rings (SSSR count). The molecule has 16 heavy (non-hydrogen) atoms. The topological polar surface area (TPSA) is 42.7 Å². The SMILES string of the molecule is CNCc1nn(C)c(-c2ccccn2)c1Cl. The Kier molecular flexibility index (Phi) is 3.22. The number of hydrogen-bond acceptors (Lipinski definition) is 3. The van der Waals surface area contributed by atoms with Gasteiger partial charge in [-0.2, -0.15) is 5.10 Å². The Bertz CT molecular complexity index is 478. The summed E-state index contributed by atoms with van der Waals surface area (Å²) in [4.78, 5) is 4.28. The van der Waals surface area contributed by atoms with E-state index in [0.717, 1.165) is 17.1 Å². The highest BCUT2D eigenvalue weighted by Crippen LogP contribution is 2.28. The third kappa shape index (κ3) is 1.94. The fourth-order valence-corrected chi connectivity index (χ4v) is 1.94. The molecule has 1 N–H and O–H groups in total. The predicted octanol–water partition coefficient (Wildman–Crippen LogP) is 1.85. The van der Waals surface area contributed by atoms with Crippen molar-refractivity contribution in [3.63, 3.8) is 0 Å². The van der Waals surface area contributed by atoms with Gasteiger partial charge in [-0.1, -0.05) is 17.7 Å². The Hall–Kier alpha value is -1.39. The monoisotopic (exact) mass is 236 g/mol. The second-order valence-electron chi connectivity index (χ2n) is 3.48. The summed E-state index contributed by atoms with van der Waals surface area (Å²) in [6.45, 7) is 0.652. The van der Waals surface area contributed by atoms with E-state index in [1.165, 1.54) is 0 Å². The van der Waals surface area contributed by atoms with Gasteiger partial charge in [0, 0.05) is 19.8 Å². The summed E-state index contributed by atoms with van der Waals surface area (Å²) < 4.78 is 1.76. The number of rotatable bonds is 3. The summed E-state index contributed by atoms with van der Waals surface area (Å²) in [6.07, 6.45) is 1.75. The smallest absolute Gasteiger partial charge is 0.105 e. The molecule has 2 aromatic rings. The molecule has 0 aliphatic rings. The summed E-state index contributed by atoms with van der Waals surface area (Å²) in [5.41, 5.74) is 2.53. The maximum atomic E-state index is 6.28. The predicted molar refractivity (Wildman–Crippen MR) is 64.2 cm³/mol. The number of aryl methyl sites for hydroxylation is 1. The molecule has 2 aromatic heterocycles. The van der Waals surface area contributed by atoms with E-state index in [0.29, 0.717) is 11.6 Å². The van der Waals surface area contributed by atoms with Crippen LogP contribution in [0.4, 0.5) is 0 Å². The van der Waals surface area contributed by atoms with Crippen LogP contribution in [0, 0.1) is 0 Å². The van der Waals surface area contributed by atoms with Gasteiger partial charge >= 0.3 is 0 Å². The highest BCUT2D eigenvalue weighted by molar-refractivity contribution is 6.33. The molecule has 0 fully saturated rings. The highest BCUT2D eigenvalue weighted by Gasteiger charge is 2.15. The Labute approximate surface area is 99.3 Å². The zero-order valence-corrected chi connectivity index (χ0v) is 9.99. The van der Waals surface area contributed by atoms with Crippen LogP contribution in [-0.2, 0) is 13.6 Å². The van der Waals surface area contributed by atoms with Gasteiger partial charge in [0.2, 0.25) is 0 Å². The standard InChI is InChI=1S/C11H13ClN4/c1-13-7-9-10(12)11(16(2)15-9)8-5-3-4-6-14-8/h3-6,13H,7H2,1-2H3. The molecule has 2 heterocycles. The van der Waals surface area contributed by atoms with Crippen molar-refractivity contribution in [2.75, 3.05) is 7.05 Å². The molecule has 0 atom stereocenters. The van der Waals surface area contributed by atoms with Crippen LogP contribution in [0.2, 0.25) is 5.02 Å². The van der Waals surface area contributed by atoms with Gasteiger partial charge in [-0.05, 0) is 19.2 Å². The molecule has 0 aliphatic heterocycles. The zero-order chi connectivity index (χ0) is 11.5. The van der Waals surface area contributed by atoms with E-state index in [9.17, 15) is 0 Å². The number of aromatic nitrogens is 3. The van der Waals surface area contributed by atoms with E-state index in [1.807, 2.05) is 32.3 Å². The van der Waals surface area contributed by atoms with Crippen LogP contribution in [0.3, 0.4) is 0 Å². The quantitative estimate of drug-likeness (QED) is 0.885. The zero-order valence-electron chi connectivity index (χ0n) is 9.24. The molecule has 0 unspecified atom stereocenters. The van der Waals surface area contributed by atoms with Crippen molar-refractivity contribution in [3.8, 4) is 11.4 Å². The molecule has 0 spiro atoms. The highest BCUT2D eigenvalue weighted by atomic mass is 35.5. The van der Waals surface area contributed by atoms with Crippen LogP contribution in [0.25, 0.3) is 11.4 Å². The lowest BCUT2D eigenvalue weighted by Crippen LogP contribution is -2.06. The fourth-order valence-electron chi connectivity index (χ4n) is 1.62. The Morgan fingerprint density at radius 1 is 1.44 bits per heavy atom. The van der Waals surface area contributed by atoms with Crippen molar-refractivity contribution in [1.82, 2.24) is 20.1 Å². The van der Waals surface area contributed by atoms with Gasteiger partial charge in [0.15, 0.2) is 0 Å².